The second-order valence-corrected chi connectivity index (χ2v) is 7.36. The molecule has 0 unspecified atom stereocenters. The highest BCUT2D eigenvalue weighted by Gasteiger charge is 2.30. The monoisotopic (exact) mass is 387 g/mol. The summed E-state index contributed by atoms with van der Waals surface area (Å²) in [6, 6.07) is 14.1. The van der Waals surface area contributed by atoms with E-state index in [1.807, 2.05) is 12.1 Å². The zero-order chi connectivity index (χ0) is 19.8. The third kappa shape index (κ3) is 3.16. The molecular weight excluding hydrogens is 366 g/mol. The largest absolute Gasteiger partial charge is 0.328 e. The molecule has 8 nitrogen and oxygen atoms in total. The molecule has 4 heterocycles. The average Bonchev–Trinajstić information content (AvgIpc) is 3.37. The van der Waals surface area contributed by atoms with Crippen LogP contribution in [-0.2, 0) is 19.4 Å². The number of carbonyl (C=O) groups excluding carboxylic acids is 1. The molecule has 0 fully saturated rings. The van der Waals surface area contributed by atoms with Crippen LogP contribution >= 0.6 is 0 Å². The smallest absolute Gasteiger partial charge is 0.274 e. The first kappa shape index (κ1) is 17.5. The van der Waals surface area contributed by atoms with E-state index in [9.17, 15) is 4.79 Å². The van der Waals surface area contributed by atoms with Crippen LogP contribution in [0.4, 0.5) is 0 Å². The maximum atomic E-state index is 13.1. The van der Waals surface area contributed by atoms with E-state index < -0.39 is 0 Å². The van der Waals surface area contributed by atoms with Gasteiger partial charge in [0.25, 0.3) is 5.91 Å². The first-order valence-corrected chi connectivity index (χ1v) is 9.75. The van der Waals surface area contributed by atoms with E-state index in [0.29, 0.717) is 24.4 Å². The normalized spacial score (nSPS) is 16.2. The highest BCUT2D eigenvalue weighted by atomic mass is 16.2. The summed E-state index contributed by atoms with van der Waals surface area (Å²) in [5, 5.41) is 13.0. The molecule has 4 aromatic rings. The second-order valence-electron chi connectivity index (χ2n) is 7.36. The number of aromatic nitrogens is 6. The lowest BCUT2D eigenvalue weighted by Gasteiger charge is -2.32. The summed E-state index contributed by atoms with van der Waals surface area (Å²) in [6.45, 7) is 3.13. The molecule has 0 saturated heterocycles. The molecule has 0 N–H and O–H groups in total. The van der Waals surface area contributed by atoms with Crippen LogP contribution in [0.1, 0.15) is 40.7 Å². The van der Waals surface area contributed by atoms with Crippen molar-refractivity contribution in [2.75, 3.05) is 6.54 Å². The number of benzene rings is 1. The summed E-state index contributed by atoms with van der Waals surface area (Å²) in [5.41, 5.74) is 2.41. The number of amides is 1. The summed E-state index contributed by atoms with van der Waals surface area (Å²) in [6.07, 6.45) is 4.98. The Morgan fingerprint density at radius 3 is 2.83 bits per heavy atom. The third-order valence-electron chi connectivity index (χ3n) is 5.36. The van der Waals surface area contributed by atoms with E-state index in [-0.39, 0.29) is 11.9 Å². The Labute approximate surface area is 167 Å². The van der Waals surface area contributed by atoms with Gasteiger partial charge in [-0.05, 0) is 31.0 Å². The van der Waals surface area contributed by atoms with Gasteiger partial charge in [-0.1, -0.05) is 30.3 Å². The average molecular weight is 387 g/mol. The van der Waals surface area contributed by atoms with Gasteiger partial charge in [0.2, 0.25) is 0 Å². The fraction of sp³-hybridized carbons (Fsp3) is 0.286. The number of imidazole rings is 1. The zero-order valence-electron chi connectivity index (χ0n) is 16.1. The molecule has 1 aliphatic rings. The van der Waals surface area contributed by atoms with Gasteiger partial charge in [0.15, 0.2) is 17.2 Å². The molecule has 8 heteroatoms. The lowest BCUT2D eigenvalue weighted by Crippen LogP contribution is -2.41. The van der Waals surface area contributed by atoms with Gasteiger partial charge >= 0.3 is 0 Å². The molecule has 5 rings (SSSR count). The maximum Gasteiger partial charge on any atom is 0.274 e. The molecular formula is C21H21N7O. The fourth-order valence-electron chi connectivity index (χ4n) is 3.98. The van der Waals surface area contributed by atoms with Crippen molar-refractivity contribution < 1.29 is 4.79 Å². The summed E-state index contributed by atoms with van der Waals surface area (Å²) in [4.78, 5) is 19.2. The molecule has 1 aliphatic heterocycles. The SMILES string of the molecule is C[C@H]1CN(C(=O)c2cnc3cccnn23)Cc2nnc(CCc3ccccc3)n21. The number of aryl methyl sites for hydroxylation is 2. The molecule has 0 aliphatic carbocycles. The van der Waals surface area contributed by atoms with Crippen LogP contribution in [0, 0.1) is 0 Å². The van der Waals surface area contributed by atoms with Crippen molar-refractivity contribution in [1.82, 2.24) is 34.3 Å². The molecule has 1 amide bonds. The van der Waals surface area contributed by atoms with Gasteiger partial charge in [-0.15, -0.1) is 10.2 Å². The molecule has 3 aromatic heterocycles. The lowest BCUT2D eigenvalue weighted by atomic mass is 10.1. The number of hydrogen-bond acceptors (Lipinski definition) is 5. The molecule has 1 atom stereocenters. The van der Waals surface area contributed by atoms with Gasteiger partial charge in [0.05, 0.1) is 18.8 Å². The van der Waals surface area contributed by atoms with E-state index >= 15 is 0 Å². The highest BCUT2D eigenvalue weighted by molar-refractivity contribution is 5.93. The zero-order valence-corrected chi connectivity index (χ0v) is 16.1. The van der Waals surface area contributed by atoms with Crippen LogP contribution in [0.25, 0.3) is 5.65 Å². The van der Waals surface area contributed by atoms with Crippen molar-refractivity contribution in [3.05, 3.63) is 77.8 Å². The molecule has 0 spiro atoms. The Morgan fingerprint density at radius 2 is 1.97 bits per heavy atom. The van der Waals surface area contributed by atoms with Crippen LogP contribution < -0.4 is 0 Å². The summed E-state index contributed by atoms with van der Waals surface area (Å²) < 4.78 is 3.76. The van der Waals surface area contributed by atoms with Gasteiger partial charge in [-0.25, -0.2) is 9.50 Å². The number of rotatable bonds is 4. The molecule has 0 bridgehead atoms. The minimum absolute atomic E-state index is 0.0943. The highest BCUT2D eigenvalue weighted by Crippen LogP contribution is 2.24. The molecule has 29 heavy (non-hydrogen) atoms. The Hall–Kier alpha value is -3.55. The van der Waals surface area contributed by atoms with Crippen LogP contribution in [0.15, 0.2) is 54.9 Å². The second kappa shape index (κ2) is 7.12. The summed E-state index contributed by atoms with van der Waals surface area (Å²) >= 11 is 0. The molecule has 0 radical (unpaired) electrons. The first-order valence-electron chi connectivity index (χ1n) is 9.75. The van der Waals surface area contributed by atoms with Crippen molar-refractivity contribution >= 4 is 11.6 Å². The Balaban J connectivity index is 1.36. The maximum absolute atomic E-state index is 13.1. The summed E-state index contributed by atoms with van der Waals surface area (Å²) in [5.74, 6) is 1.70. The van der Waals surface area contributed by atoms with Crippen molar-refractivity contribution in [3.8, 4) is 0 Å². The van der Waals surface area contributed by atoms with Crippen molar-refractivity contribution in [2.24, 2.45) is 0 Å². The first-order chi connectivity index (χ1) is 14.2. The van der Waals surface area contributed by atoms with Crippen molar-refractivity contribution in [3.63, 3.8) is 0 Å². The Morgan fingerprint density at radius 1 is 1.10 bits per heavy atom. The number of fused-ring (bicyclic) bond motifs is 2. The predicted molar refractivity (Wildman–Crippen MR) is 106 cm³/mol. The number of carbonyl (C=O) groups is 1. The minimum atomic E-state index is -0.0943. The van der Waals surface area contributed by atoms with Crippen molar-refractivity contribution in [2.45, 2.75) is 32.4 Å². The topological polar surface area (TPSA) is 81.2 Å². The van der Waals surface area contributed by atoms with E-state index in [1.54, 1.807) is 27.9 Å². The predicted octanol–water partition coefficient (Wildman–Crippen LogP) is 2.32. The van der Waals surface area contributed by atoms with Crippen LogP contribution in [-0.4, -0.2) is 46.7 Å². The van der Waals surface area contributed by atoms with Gasteiger partial charge in [0, 0.05) is 19.2 Å². The third-order valence-corrected chi connectivity index (χ3v) is 5.36. The van der Waals surface area contributed by atoms with Crippen LogP contribution in [0.2, 0.25) is 0 Å². The molecule has 0 saturated carbocycles. The van der Waals surface area contributed by atoms with E-state index in [4.69, 9.17) is 0 Å². The van der Waals surface area contributed by atoms with Gasteiger partial charge < -0.3 is 9.47 Å². The van der Waals surface area contributed by atoms with Crippen LogP contribution in [0.3, 0.4) is 0 Å². The minimum Gasteiger partial charge on any atom is -0.328 e. The van der Waals surface area contributed by atoms with Gasteiger partial charge in [0.1, 0.15) is 5.82 Å². The standard InChI is InChI=1S/C21H21N7O/c1-15-13-26(21(29)17-12-22-18-8-5-11-23-28(17)18)14-20-25-24-19(27(15)20)10-9-16-6-3-2-4-7-16/h2-8,11-12,15H,9-10,13-14H2,1H3/t15-/m0/s1. The summed E-state index contributed by atoms with van der Waals surface area (Å²) in [7, 11) is 0. The van der Waals surface area contributed by atoms with E-state index in [0.717, 1.165) is 24.5 Å². The van der Waals surface area contributed by atoms with E-state index in [2.05, 4.69) is 56.0 Å². The quantitative estimate of drug-likeness (QED) is 0.537. The number of hydrogen-bond donors (Lipinski definition) is 0. The lowest BCUT2D eigenvalue weighted by molar-refractivity contribution is 0.0671. The van der Waals surface area contributed by atoms with Crippen LogP contribution in [0.5, 0.6) is 0 Å². The van der Waals surface area contributed by atoms with Gasteiger partial charge in [-0.2, -0.15) is 5.10 Å². The number of nitrogens with zero attached hydrogens (tertiary/aromatic N) is 7. The molecule has 146 valence electrons. The fourth-order valence-corrected chi connectivity index (χ4v) is 3.98. The molecule has 1 aromatic carbocycles. The van der Waals surface area contributed by atoms with Gasteiger partial charge in [-0.3, -0.25) is 4.79 Å². The van der Waals surface area contributed by atoms with Crippen molar-refractivity contribution in [1.29, 1.82) is 0 Å². The Kier molecular flexibility index (Phi) is 4.31. The Bertz CT molecular complexity index is 1160. The van der Waals surface area contributed by atoms with E-state index in [1.165, 1.54) is 5.56 Å².